The number of aliphatic carboxylic acids is 1. The van der Waals surface area contributed by atoms with Gasteiger partial charge in [0.15, 0.2) is 5.58 Å². The normalized spacial score (nSPS) is 10.6. The molecule has 3 aromatic carbocycles. The van der Waals surface area contributed by atoms with Gasteiger partial charge in [0.25, 0.3) is 6.01 Å². The highest BCUT2D eigenvalue weighted by Crippen LogP contribution is 2.21. The number of carboxylic acids is 1. The number of rotatable bonds is 11. The number of methoxy groups -OCH3 is 1. The number of carbonyl (C=O) groups is 2. The molecule has 0 aliphatic rings. The van der Waals surface area contributed by atoms with Crippen molar-refractivity contribution in [2.24, 2.45) is 0 Å². The number of likely N-dealkylation sites (N-methyl/N-ethyl adjacent to an activating group) is 1. The van der Waals surface area contributed by atoms with Gasteiger partial charge in [-0.3, -0.25) is 9.69 Å². The molecule has 0 aliphatic heterocycles. The third-order valence-electron chi connectivity index (χ3n) is 5.45. The number of hydrogen-bond donors (Lipinski definition) is 1. The van der Waals surface area contributed by atoms with E-state index in [0.29, 0.717) is 30.7 Å². The molecule has 4 aromatic rings. The van der Waals surface area contributed by atoms with Gasteiger partial charge in [-0.2, -0.15) is 4.98 Å². The van der Waals surface area contributed by atoms with E-state index in [-0.39, 0.29) is 12.3 Å². The van der Waals surface area contributed by atoms with Crippen molar-refractivity contribution in [2.45, 2.75) is 6.54 Å². The fourth-order valence-electron chi connectivity index (χ4n) is 3.49. The van der Waals surface area contributed by atoms with Crippen molar-refractivity contribution in [2.75, 3.05) is 38.8 Å². The van der Waals surface area contributed by atoms with E-state index in [2.05, 4.69) is 4.98 Å². The zero-order valence-electron chi connectivity index (χ0n) is 20.5. The number of fused-ring (bicyclic) bond motifs is 1. The van der Waals surface area contributed by atoms with E-state index in [0.717, 1.165) is 21.6 Å². The van der Waals surface area contributed by atoms with Crippen molar-refractivity contribution in [3.05, 3.63) is 78.4 Å². The summed E-state index contributed by atoms with van der Waals surface area (Å²) >= 11 is 0. The lowest BCUT2D eigenvalue weighted by Gasteiger charge is -2.20. The van der Waals surface area contributed by atoms with Crippen LogP contribution in [0.1, 0.15) is 5.56 Å². The van der Waals surface area contributed by atoms with Gasteiger partial charge in [0.2, 0.25) is 0 Å². The van der Waals surface area contributed by atoms with Crippen LogP contribution in [0.15, 0.2) is 77.2 Å². The molecule has 0 spiro atoms. The standard InChI is InChI=1S/C27H27N3O7/c1-29(26-28-23-5-3-4-6-24(23)37-26)15-16-35-21-9-7-19(8-10-21)17-30(18-25(31)32)27(33)36-22-13-11-20(34-2)12-14-22/h3-14H,15-18H2,1-2H3,(H,31,32). The highest BCUT2D eigenvalue weighted by Gasteiger charge is 2.20. The number of amides is 1. The predicted octanol–water partition coefficient (Wildman–Crippen LogP) is 4.44. The Hall–Kier alpha value is -4.73. The Bertz CT molecular complexity index is 1300. The quantitative estimate of drug-likeness (QED) is 0.316. The third kappa shape index (κ3) is 6.91. The molecule has 0 atom stereocenters. The van der Waals surface area contributed by atoms with Crippen LogP contribution >= 0.6 is 0 Å². The van der Waals surface area contributed by atoms with Crippen LogP contribution in [0.3, 0.4) is 0 Å². The summed E-state index contributed by atoms with van der Waals surface area (Å²) in [6, 6.07) is 21.6. The van der Waals surface area contributed by atoms with Crippen molar-refractivity contribution >= 4 is 29.2 Å². The minimum absolute atomic E-state index is 0.0576. The molecule has 37 heavy (non-hydrogen) atoms. The number of para-hydroxylation sites is 2. The van der Waals surface area contributed by atoms with E-state index in [1.165, 1.54) is 7.11 Å². The number of hydrogen-bond acceptors (Lipinski definition) is 8. The topological polar surface area (TPSA) is 115 Å². The van der Waals surface area contributed by atoms with Crippen molar-refractivity contribution in [3.8, 4) is 17.2 Å². The van der Waals surface area contributed by atoms with Crippen LogP contribution < -0.4 is 19.1 Å². The van der Waals surface area contributed by atoms with Crippen molar-refractivity contribution in [1.82, 2.24) is 9.88 Å². The molecule has 0 bridgehead atoms. The van der Waals surface area contributed by atoms with Gasteiger partial charge in [-0.05, 0) is 54.1 Å². The summed E-state index contributed by atoms with van der Waals surface area (Å²) in [4.78, 5) is 31.4. The minimum Gasteiger partial charge on any atom is -0.497 e. The zero-order chi connectivity index (χ0) is 26.2. The van der Waals surface area contributed by atoms with Crippen LogP contribution in [-0.2, 0) is 11.3 Å². The summed E-state index contributed by atoms with van der Waals surface area (Å²) in [7, 11) is 3.41. The van der Waals surface area contributed by atoms with E-state index in [1.807, 2.05) is 36.2 Å². The Balaban J connectivity index is 1.30. The highest BCUT2D eigenvalue weighted by atomic mass is 16.6. The van der Waals surface area contributed by atoms with Gasteiger partial charge in [0.05, 0.1) is 13.7 Å². The zero-order valence-corrected chi connectivity index (χ0v) is 20.5. The Kier molecular flexibility index (Phi) is 8.09. The lowest BCUT2D eigenvalue weighted by Crippen LogP contribution is -2.37. The fraction of sp³-hybridized carbons (Fsp3) is 0.222. The maximum atomic E-state index is 12.6. The molecule has 1 heterocycles. The molecule has 4 rings (SSSR count). The second-order valence-electron chi connectivity index (χ2n) is 8.17. The lowest BCUT2D eigenvalue weighted by molar-refractivity contribution is -0.138. The number of benzene rings is 3. The minimum atomic E-state index is -1.14. The van der Waals surface area contributed by atoms with Gasteiger partial charge < -0.3 is 28.6 Å². The first-order chi connectivity index (χ1) is 17.9. The molecule has 1 N–H and O–H groups in total. The monoisotopic (exact) mass is 505 g/mol. The largest absolute Gasteiger partial charge is 0.497 e. The molecule has 0 fully saturated rings. The molecule has 0 saturated carbocycles. The molecule has 0 saturated heterocycles. The van der Waals surface area contributed by atoms with Crippen LogP contribution in [0.25, 0.3) is 11.1 Å². The number of nitrogens with zero attached hydrogens (tertiary/aromatic N) is 3. The molecule has 10 heteroatoms. The van der Waals surface area contributed by atoms with Crippen molar-refractivity contribution in [1.29, 1.82) is 0 Å². The Morgan fingerprint density at radius 3 is 2.30 bits per heavy atom. The van der Waals surface area contributed by atoms with Gasteiger partial charge in [-0.1, -0.05) is 24.3 Å². The van der Waals surface area contributed by atoms with Gasteiger partial charge in [-0.15, -0.1) is 0 Å². The maximum absolute atomic E-state index is 12.6. The number of carbonyl (C=O) groups excluding carboxylic acids is 1. The summed E-state index contributed by atoms with van der Waals surface area (Å²) < 4.78 is 22.0. The molecule has 0 radical (unpaired) electrons. The Morgan fingerprint density at radius 2 is 1.62 bits per heavy atom. The third-order valence-corrected chi connectivity index (χ3v) is 5.45. The average Bonchev–Trinajstić information content (AvgIpc) is 3.34. The summed E-state index contributed by atoms with van der Waals surface area (Å²) in [6.45, 7) is 0.503. The first kappa shape index (κ1) is 25.4. The first-order valence-corrected chi connectivity index (χ1v) is 11.5. The van der Waals surface area contributed by atoms with Crippen molar-refractivity contribution in [3.63, 3.8) is 0 Å². The van der Waals surface area contributed by atoms with Gasteiger partial charge in [0.1, 0.15) is 35.9 Å². The predicted molar refractivity (Wildman–Crippen MR) is 136 cm³/mol. The number of oxazole rings is 1. The number of carboxylic acid groups (broad SMARTS) is 1. The van der Waals surface area contributed by atoms with Crippen LogP contribution in [0.4, 0.5) is 10.8 Å². The second-order valence-corrected chi connectivity index (χ2v) is 8.17. The van der Waals surface area contributed by atoms with Crippen LogP contribution in [0, 0.1) is 0 Å². The molecule has 1 aromatic heterocycles. The summed E-state index contributed by atoms with van der Waals surface area (Å²) in [5, 5.41) is 9.25. The molecule has 192 valence electrons. The average molecular weight is 506 g/mol. The Labute approximate surface area is 213 Å². The van der Waals surface area contributed by atoms with E-state index in [9.17, 15) is 14.7 Å². The van der Waals surface area contributed by atoms with Crippen LogP contribution in [-0.4, -0.2) is 60.9 Å². The van der Waals surface area contributed by atoms with Crippen LogP contribution in [0.5, 0.6) is 17.2 Å². The maximum Gasteiger partial charge on any atom is 0.416 e. The molecule has 0 aliphatic carbocycles. The molecule has 1 amide bonds. The molecular formula is C27H27N3O7. The van der Waals surface area contributed by atoms with Gasteiger partial charge >= 0.3 is 12.1 Å². The summed E-state index contributed by atoms with van der Waals surface area (Å²) in [6.07, 6.45) is -0.768. The van der Waals surface area contributed by atoms with Gasteiger partial charge in [-0.25, -0.2) is 4.79 Å². The highest BCUT2D eigenvalue weighted by molar-refractivity contribution is 5.78. The number of aromatic nitrogens is 1. The molecule has 10 nitrogen and oxygen atoms in total. The SMILES string of the molecule is COc1ccc(OC(=O)N(CC(=O)O)Cc2ccc(OCCN(C)c3nc4ccccc4o3)cc2)cc1. The smallest absolute Gasteiger partial charge is 0.416 e. The van der Waals surface area contributed by atoms with Crippen LogP contribution in [0.2, 0.25) is 0 Å². The lowest BCUT2D eigenvalue weighted by atomic mass is 10.2. The number of ether oxygens (including phenoxy) is 3. The molecule has 0 unspecified atom stereocenters. The van der Waals surface area contributed by atoms with Gasteiger partial charge in [0, 0.05) is 13.6 Å². The van der Waals surface area contributed by atoms with E-state index in [1.54, 1.807) is 48.5 Å². The summed E-state index contributed by atoms with van der Waals surface area (Å²) in [5.41, 5.74) is 2.25. The second kappa shape index (κ2) is 11.8. The number of anilines is 1. The first-order valence-electron chi connectivity index (χ1n) is 11.5. The Morgan fingerprint density at radius 1 is 0.946 bits per heavy atom. The van der Waals surface area contributed by atoms with E-state index < -0.39 is 18.6 Å². The summed E-state index contributed by atoms with van der Waals surface area (Å²) in [5.74, 6) is 0.394. The molecular weight excluding hydrogens is 478 g/mol. The fourth-order valence-corrected chi connectivity index (χ4v) is 3.49. The van der Waals surface area contributed by atoms with E-state index >= 15 is 0 Å². The van der Waals surface area contributed by atoms with E-state index in [4.69, 9.17) is 18.6 Å². The van der Waals surface area contributed by atoms with Crippen molar-refractivity contribution < 1.29 is 33.3 Å².